The van der Waals surface area contributed by atoms with E-state index in [2.05, 4.69) is 10.2 Å². The third-order valence-electron chi connectivity index (χ3n) is 6.64. The molecule has 0 unspecified atom stereocenters. The van der Waals surface area contributed by atoms with Crippen LogP contribution in [0.4, 0.5) is 24.5 Å². The van der Waals surface area contributed by atoms with Gasteiger partial charge in [-0.05, 0) is 68.5 Å². The fourth-order valence-corrected chi connectivity index (χ4v) is 4.42. The number of aryl methyl sites for hydroxylation is 1. The molecule has 3 aromatic rings. The van der Waals surface area contributed by atoms with E-state index in [4.69, 9.17) is 29.0 Å². The number of halogens is 3. The van der Waals surface area contributed by atoms with Crippen LogP contribution in [-0.2, 0) is 37.0 Å². The molecule has 0 spiro atoms. The fourth-order valence-electron chi connectivity index (χ4n) is 4.42. The summed E-state index contributed by atoms with van der Waals surface area (Å²) < 4.78 is 54.7. The average molecular weight is 720 g/mol. The van der Waals surface area contributed by atoms with Crippen molar-refractivity contribution in [1.82, 2.24) is 4.57 Å². The summed E-state index contributed by atoms with van der Waals surface area (Å²) in [7, 11) is 2.66. The first-order chi connectivity index (χ1) is 21.5. The van der Waals surface area contributed by atoms with Crippen molar-refractivity contribution in [2.75, 3.05) is 31.0 Å². The van der Waals surface area contributed by atoms with Crippen molar-refractivity contribution >= 4 is 40.8 Å². The zero-order chi connectivity index (χ0) is 33.1. The molecule has 2 heterocycles. The largest absolute Gasteiger partial charge is 1.00 e. The fraction of sp³-hybridized carbons (Fsp3) is 0.448. The zero-order valence-electron chi connectivity index (χ0n) is 27.5. The Hall–Kier alpha value is -1.14. The van der Waals surface area contributed by atoms with Crippen LogP contribution in [0.25, 0.3) is 11.1 Å². The number of ether oxygens (including phenoxy) is 2. The van der Waals surface area contributed by atoms with E-state index < -0.39 is 24.1 Å². The van der Waals surface area contributed by atoms with Crippen LogP contribution < -0.4 is 129 Å². The SMILES string of the molecule is CO.COCCCn1c(=O)oc2ccc(NC3CC3)cc21.O=C1Cc2cc(N(C(=O)C(F)(F)F)C3CC3)ccc2O1.O=CO[O-].[H-].[K+].[K+]. The van der Waals surface area contributed by atoms with Gasteiger partial charge in [-0.15, -0.1) is 0 Å². The molecule has 6 rings (SSSR count). The number of rotatable bonds is 9. The maximum atomic E-state index is 12.6. The predicted octanol–water partition coefficient (Wildman–Crippen LogP) is -3.43. The van der Waals surface area contributed by atoms with Crippen molar-refractivity contribution in [2.24, 2.45) is 0 Å². The normalized spacial score (nSPS) is 14.1. The number of aliphatic hydroxyl groups excluding tert-OH is 1. The number of aromatic nitrogens is 1. The molecular formula is C29H34F3K2N3O10. The number of amides is 1. The van der Waals surface area contributed by atoms with Gasteiger partial charge in [0.2, 0.25) is 0 Å². The van der Waals surface area contributed by atoms with Crippen LogP contribution in [0.3, 0.4) is 0 Å². The average Bonchev–Trinajstić information content (AvgIpc) is 3.95. The van der Waals surface area contributed by atoms with Crippen LogP contribution in [0.15, 0.2) is 45.6 Å². The summed E-state index contributed by atoms with van der Waals surface area (Å²) in [5, 5.41) is 18.9. The summed E-state index contributed by atoms with van der Waals surface area (Å²) in [6.45, 7) is 1.08. The minimum atomic E-state index is -4.91. The van der Waals surface area contributed by atoms with Gasteiger partial charge in [-0.25, -0.2) is 4.79 Å². The Bertz CT molecular complexity index is 1530. The number of anilines is 2. The van der Waals surface area contributed by atoms with Gasteiger partial charge in [0, 0.05) is 56.4 Å². The molecule has 0 saturated heterocycles. The van der Waals surface area contributed by atoms with Crippen molar-refractivity contribution in [3.63, 3.8) is 0 Å². The van der Waals surface area contributed by atoms with Crippen LogP contribution >= 0.6 is 0 Å². The maximum absolute atomic E-state index is 12.6. The Morgan fingerprint density at radius 2 is 1.81 bits per heavy atom. The number of nitrogens with one attached hydrogen (secondary N) is 1. The van der Waals surface area contributed by atoms with E-state index in [0.717, 1.165) is 29.6 Å². The summed E-state index contributed by atoms with van der Waals surface area (Å²) >= 11 is 0. The van der Waals surface area contributed by atoms with Gasteiger partial charge in [0.05, 0.1) is 11.9 Å². The van der Waals surface area contributed by atoms with Crippen molar-refractivity contribution in [2.45, 2.75) is 63.3 Å². The number of esters is 1. The zero-order valence-corrected chi connectivity index (χ0v) is 32.7. The standard InChI is InChI=1S/C14H18N2O3.C13H10F3NO3.CH2O3.CH4O.2K.H/c1-18-8-2-7-16-12-9-11(15-10-3-4-10)5-6-13(12)19-14(16)17;14-13(15,16)12(19)17(8-1-2-8)9-3-4-10-7(5-9)6-11(18)20-10;2-1-4-3;1-2;;;/h5-6,9-10,15H,2-4,7-8H2,1H3;3-5,8H,1-2,6H2;1,3H;2H,1H3;;;/q;;;;2*+1;-1/p-1. The van der Waals surface area contributed by atoms with E-state index in [1.54, 1.807) is 11.7 Å². The number of oxazole rings is 1. The van der Waals surface area contributed by atoms with E-state index in [1.165, 1.54) is 31.0 Å². The van der Waals surface area contributed by atoms with Gasteiger partial charge < -0.3 is 40.8 Å². The number of carbonyl (C=O) groups is 3. The molecule has 2 aromatic carbocycles. The third kappa shape index (κ3) is 13.3. The van der Waals surface area contributed by atoms with Gasteiger partial charge >= 0.3 is 127 Å². The number of benzene rings is 2. The molecule has 47 heavy (non-hydrogen) atoms. The summed E-state index contributed by atoms with van der Waals surface area (Å²) in [5.74, 6) is -2.27. The second-order valence-electron chi connectivity index (χ2n) is 10.0. The summed E-state index contributed by atoms with van der Waals surface area (Å²) in [4.78, 5) is 46.5. The summed E-state index contributed by atoms with van der Waals surface area (Å²) in [6, 6.07) is 10.2. The Balaban J connectivity index is 0.000000752. The van der Waals surface area contributed by atoms with Crippen LogP contribution in [0.2, 0.25) is 0 Å². The number of nitrogens with zero attached hydrogens (tertiary/aromatic N) is 2. The molecule has 0 radical (unpaired) electrons. The second kappa shape index (κ2) is 21.2. The van der Waals surface area contributed by atoms with Crippen molar-refractivity contribution in [3.05, 3.63) is 52.5 Å². The van der Waals surface area contributed by atoms with E-state index in [1.807, 2.05) is 18.2 Å². The molecule has 2 fully saturated rings. The molecule has 1 aromatic heterocycles. The Kier molecular flexibility index (Phi) is 19.8. The summed E-state index contributed by atoms with van der Waals surface area (Å²) in [6.07, 6.45) is -0.544. The number of fused-ring (bicyclic) bond motifs is 2. The number of hydrogen-bond acceptors (Lipinski definition) is 11. The van der Waals surface area contributed by atoms with Crippen LogP contribution in [0.5, 0.6) is 5.75 Å². The van der Waals surface area contributed by atoms with Gasteiger partial charge in [0.1, 0.15) is 5.75 Å². The van der Waals surface area contributed by atoms with E-state index in [0.29, 0.717) is 48.9 Å². The van der Waals surface area contributed by atoms with Gasteiger partial charge in [-0.2, -0.15) is 13.2 Å². The monoisotopic (exact) mass is 719 g/mol. The first-order valence-corrected chi connectivity index (χ1v) is 13.9. The molecule has 1 amide bonds. The van der Waals surface area contributed by atoms with Gasteiger partial charge in [-0.3, -0.25) is 19.0 Å². The Morgan fingerprint density at radius 1 is 1.15 bits per heavy atom. The Labute approximate surface area is 354 Å². The topological polar surface area (TPSA) is 173 Å². The van der Waals surface area contributed by atoms with Crippen LogP contribution in [-0.4, -0.2) is 67.1 Å². The number of carbonyl (C=O) groups excluding carboxylic acids is 3. The van der Waals surface area contributed by atoms with Crippen molar-refractivity contribution in [3.8, 4) is 5.75 Å². The quantitative estimate of drug-likeness (QED) is 0.0429. The van der Waals surface area contributed by atoms with Crippen molar-refractivity contribution < 1.29 is 161 Å². The molecule has 0 atom stereocenters. The molecule has 2 N–H and O–H groups in total. The number of aliphatic hydroxyl groups is 1. The van der Waals surface area contributed by atoms with Gasteiger partial charge in [0.15, 0.2) is 5.58 Å². The first-order valence-electron chi connectivity index (χ1n) is 13.9. The van der Waals surface area contributed by atoms with Crippen LogP contribution in [0, 0.1) is 0 Å². The van der Waals surface area contributed by atoms with Gasteiger partial charge in [0.25, 0.3) is 6.47 Å². The molecule has 13 nitrogen and oxygen atoms in total. The second-order valence-corrected chi connectivity index (χ2v) is 10.0. The van der Waals surface area contributed by atoms with E-state index in [-0.39, 0.29) is 129 Å². The first kappa shape index (κ1) is 43.9. The molecule has 2 saturated carbocycles. The van der Waals surface area contributed by atoms with Crippen LogP contribution in [0.1, 0.15) is 39.1 Å². The minimum absolute atomic E-state index is 0. The Morgan fingerprint density at radius 3 is 2.36 bits per heavy atom. The summed E-state index contributed by atoms with van der Waals surface area (Å²) in [5.41, 5.74) is 3.21. The van der Waals surface area contributed by atoms with E-state index >= 15 is 0 Å². The molecule has 0 bridgehead atoms. The molecule has 18 heteroatoms. The number of alkyl halides is 3. The molecule has 3 aliphatic rings. The predicted molar refractivity (Wildman–Crippen MR) is 152 cm³/mol. The maximum Gasteiger partial charge on any atom is 1.00 e. The van der Waals surface area contributed by atoms with Crippen molar-refractivity contribution in [1.29, 1.82) is 0 Å². The molecule has 248 valence electrons. The molecule has 2 aliphatic carbocycles. The minimum Gasteiger partial charge on any atom is -1.00 e. The number of methoxy groups -OCH3 is 1. The molecule has 1 aliphatic heterocycles. The molecular weight excluding hydrogens is 686 g/mol. The number of hydrogen-bond donors (Lipinski definition) is 2. The van der Waals surface area contributed by atoms with E-state index in [9.17, 15) is 27.6 Å². The third-order valence-corrected chi connectivity index (χ3v) is 6.64. The van der Waals surface area contributed by atoms with Gasteiger partial charge in [-0.1, -0.05) is 0 Å². The smallest absolute Gasteiger partial charge is 1.00 e.